The normalized spacial score (nSPS) is 19.9. The summed E-state index contributed by atoms with van der Waals surface area (Å²) >= 11 is 0. The Balaban J connectivity index is 0.00000330. The first kappa shape index (κ1) is 37.4. The number of nitrogens with zero attached hydrogens (tertiary/aromatic N) is 6. The van der Waals surface area contributed by atoms with Gasteiger partial charge in [0.2, 0.25) is 0 Å². The van der Waals surface area contributed by atoms with Crippen molar-refractivity contribution in [3.05, 3.63) is 34.6 Å². The molecule has 0 spiro atoms. The second-order valence-corrected chi connectivity index (χ2v) is 11.6. The third-order valence-electron chi connectivity index (χ3n) is 6.92. The highest BCUT2D eigenvalue weighted by Gasteiger charge is 2.51. The van der Waals surface area contributed by atoms with E-state index >= 15 is 13.2 Å². The van der Waals surface area contributed by atoms with Gasteiger partial charge < -0.3 is 29.0 Å². The average Bonchev–Trinajstić information content (AvgIpc) is 3.28. The van der Waals surface area contributed by atoms with E-state index in [9.17, 15) is 4.79 Å². The minimum atomic E-state index is -4.77. The van der Waals surface area contributed by atoms with Gasteiger partial charge in [0.15, 0.2) is 5.82 Å². The van der Waals surface area contributed by atoms with Gasteiger partial charge >= 0.3 is 12.3 Å². The number of hydrogen-bond donors (Lipinski definition) is 1. The average molecular weight is 632 g/mol. The molecule has 0 saturated carbocycles. The van der Waals surface area contributed by atoms with E-state index in [1.807, 2.05) is 20.8 Å². The third kappa shape index (κ3) is 9.35. The maximum atomic E-state index is 15.2. The molecule has 3 heterocycles. The Morgan fingerprint density at radius 1 is 1.14 bits per heavy atom. The van der Waals surface area contributed by atoms with Gasteiger partial charge in [0.05, 0.1) is 5.71 Å². The van der Waals surface area contributed by atoms with Crippen molar-refractivity contribution in [1.29, 1.82) is 0 Å². The van der Waals surface area contributed by atoms with Crippen LogP contribution < -0.4 is 5.84 Å². The number of allylic oxidation sites excluding steroid dienone is 1. The number of rotatable bonds is 10. The minimum absolute atomic E-state index is 0.0519. The molecule has 3 aliphatic rings. The first-order chi connectivity index (χ1) is 20.6. The molecule has 3 rings (SSSR count). The summed E-state index contributed by atoms with van der Waals surface area (Å²) in [5.41, 5.74) is -0.213. The summed E-state index contributed by atoms with van der Waals surface area (Å²) in [7, 11) is 3.39. The molecule has 0 aromatic heterocycles. The fraction of sp³-hybridized carbons (Fsp3) is 0.733. The zero-order valence-corrected chi connectivity index (χ0v) is 28.0. The largest absolute Gasteiger partial charge is 0.444 e. The van der Waals surface area contributed by atoms with Crippen LogP contribution in [-0.4, -0.2) is 109 Å². The quantitative estimate of drug-likeness (QED) is 0.197. The molecule has 252 valence electrons. The number of hydrogen-bond acceptors (Lipinski definition) is 10. The van der Waals surface area contributed by atoms with Crippen molar-refractivity contribution in [3.63, 3.8) is 0 Å². The number of alkyl halides is 3. The van der Waals surface area contributed by atoms with E-state index in [2.05, 4.69) is 0 Å². The van der Waals surface area contributed by atoms with E-state index in [0.29, 0.717) is 45.0 Å². The summed E-state index contributed by atoms with van der Waals surface area (Å²) in [6, 6.07) is 0. The van der Waals surface area contributed by atoms with Gasteiger partial charge in [-0.3, -0.25) is 0 Å². The molecule has 1 unspecified atom stereocenters. The van der Waals surface area contributed by atoms with Gasteiger partial charge in [-0.1, -0.05) is 13.8 Å². The number of ether oxygens (including phenoxy) is 3. The lowest BCUT2D eigenvalue weighted by atomic mass is 9.87. The van der Waals surface area contributed by atoms with Crippen LogP contribution in [0.5, 0.6) is 0 Å². The van der Waals surface area contributed by atoms with Crippen LogP contribution in [0.1, 0.15) is 68.2 Å². The maximum absolute atomic E-state index is 15.2. The molecule has 0 aromatic rings. The minimum Gasteiger partial charge on any atom is -0.444 e. The van der Waals surface area contributed by atoms with Crippen molar-refractivity contribution >= 4 is 11.8 Å². The van der Waals surface area contributed by atoms with E-state index in [1.165, 1.54) is 19.8 Å². The number of carbonyl (C=O) groups is 1. The number of halogens is 3. The van der Waals surface area contributed by atoms with E-state index in [-0.39, 0.29) is 31.5 Å². The predicted molar refractivity (Wildman–Crippen MR) is 164 cm³/mol. The van der Waals surface area contributed by atoms with Crippen LogP contribution in [0.3, 0.4) is 0 Å². The number of carbonyl (C=O) groups excluding carboxylic acids is 1. The molecule has 2 N–H and O–H groups in total. The molecule has 0 radical (unpaired) electrons. The van der Waals surface area contributed by atoms with Gasteiger partial charge in [-0.2, -0.15) is 13.2 Å². The maximum Gasteiger partial charge on any atom is 0.421 e. The van der Waals surface area contributed by atoms with Gasteiger partial charge in [-0.15, -0.1) is 0 Å². The van der Waals surface area contributed by atoms with Crippen LogP contribution in [0.4, 0.5) is 18.0 Å². The van der Waals surface area contributed by atoms with Crippen LogP contribution in [0.2, 0.25) is 0 Å². The Kier molecular flexibility index (Phi) is 13.6. The predicted octanol–water partition coefficient (Wildman–Crippen LogP) is 5.26. The third-order valence-corrected chi connectivity index (χ3v) is 6.92. The summed E-state index contributed by atoms with van der Waals surface area (Å²) in [5, 5.41) is 4.58. The first-order valence-corrected chi connectivity index (χ1v) is 15.3. The molecule has 1 saturated heterocycles. The Morgan fingerprint density at radius 2 is 1.73 bits per heavy atom. The molecule has 3 aliphatic heterocycles. The highest BCUT2D eigenvalue weighted by Crippen LogP contribution is 2.44. The Labute approximate surface area is 260 Å². The number of fused-ring (bicyclic) bond motifs is 1. The SMILES string of the molecule is CC.CCOCN(COCC)C1=C(C(F)(F)F)C(C2CCCN(C(=O)OC(C)(C)C)C2)=NC2=C(/C(C)=C/N(C)N)CN(C)N21. The van der Waals surface area contributed by atoms with Crippen molar-refractivity contribution in [2.24, 2.45) is 16.8 Å². The lowest BCUT2D eigenvalue weighted by molar-refractivity contribution is -0.101. The second-order valence-electron chi connectivity index (χ2n) is 11.6. The first-order valence-electron chi connectivity index (χ1n) is 15.3. The van der Waals surface area contributed by atoms with Gasteiger partial charge in [-0.05, 0) is 60.0 Å². The summed E-state index contributed by atoms with van der Waals surface area (Å²) in [6.07, 6.45) is -2.67. The van der Waals surface area contributed by atoms with Crippen molar-refractivity contribution in [1.82, 2.24) is 24.8 Å². The van der Waals surface area contributed by atoms with Gasteiger partial charge in [0, 0.05) is 64.6 Å². The molecular weight excluding hydrogens is 579 g/mol. The van der Waals surface area contributed by atoms with Crippen molar-refractivity contribution in [2.45, 2.75) is 80.0 Å². The van der Waals surface area contributed by atoms with Crippen molar-refractivity contribution < 1.29 is 32.2 Å². The Bertz CT molecular complexity index is 1100. The lowest BCUT2D eigenvalue weighted by Crippen LogP contribution is -2.50. The smallest absolute Gasteiger partial charge is 0.421 e. The fourth-order valence-electron chi connectivity index (χ4n) is 5.23. The van der Waals surface area contributed by atoms with Gasteiger partial charge in [0.1, 0.15) is 30.5 Å². The van der Waals surface area contributed by atoms with E-state index < -0.39 is 29.4 Å². The number of likely N-dealkylation sites (N-methyl/N-ethyl adjacent to an activating group) is 1. The summed E-state index contributed by atoms with van der Waals surface area (Å²) in [4.78, 5) is 20.6. The van der Waals surface area contributed by atoms with E-state index in [4.69, 9.17) is 25.0 Å². The standard InChI is InChI=1S/C28H46F3N7O4.C2H6/c1-9-40-17-37(18-41-10-2)25-22(28(29,30)31)23(20-12-11-13-36(15-20)26(39)42-27(4,5)6)33-24-21(16-35(8)38(24)25)19(3)14-34(7)32;1-2/h14,20H,9-13,15-18,32H2,1-8H3;1-2H3/b19-14+;. The molecule has 44 heavy (non-hydrogen) atoms. The van der Waals surface area contributed by atoms with Gasteiger partial charge in [0.25, 0.3) is 0 Å². The monoisotopic (exact) mass is 631 g/mol. The molecule has 14 heteroatoms. The molecule has 11 nitrogen and oxygen atoms in total. The summed E-state index contributed by atoms with van der Waals surface area (Å²) < 4.78 is 62.5. The van der Waals surface area contributed by atoms with Crippen LogP contribution in [0, 0.1) is 5.92 Å². The Hall–Kier alpha value is -2.81. The molecule has 1 atom stereocenters. The molecule has 0 bridgehead atoms. The van der Waals surface area contributed by atoms with Crippen LogP contribution in [0.15, 0.2) is 39.6 Å². The zero-order chi connectivity index (χ0) is 33.4. The lowest BCUT2D eigenvalue weighted by Gasteiger charge is -2.43. The van der Waals surface area contributed by atoms with E-state index in [0.717, 1.165) is 11.1 Å². The number of piperidine rings is 1. The highest BCUT2D eigenvalue weighted by atomic mass is 19.4. The number of nitrogens with two attached hydrogens (primary N) is 1. The molecule has 1 fully saturated rings. The molecule has 0 aromatic carbocycles. The van der Waals surface area contributed by atoms with Crippen molar-refractivity contribution in [3.8, 4) is 0 Å². The summed E-state index contributed by atoms with van der Waals surface area (Å²) in [5.74, 6) is 5.46. The number of amides is 1. The fourth-order valence-corrected chi connectivity index (χ4v) is 5.23. The van der Waals surface area contributed by atoms with Crippen LogP contribution in [0.25, 0.3) is 0 Å². The topological polar surface area (TPSA) is 99.3 Å². The second kappa shape index (κ2) is 16.0. The summed E-state index contributed by atoms with van der Waals surface area (Å²) in [6.45, 7) is 15.8. The molecule has 0 aliphatic carbocycles. The number of aliphatic imine (C=N–C) groups is 1. The zero-order valence-electron chi connectivity index (χ0n) is 28.0. The molecule has 1 amide bonds. The van der Waals surface area contributed by atoms with Crippen LogP contribution in [-0.2, 0) is 14.2 Å². The molecular formula is C30H52F3N7O4. The van der Waals surface area contributed by atoms with E-state index in [1.54, 1.807) is 59.9 Å². The van der Waals surface area contributed by atoms with Crippen LogP contribution >= 0.6 is 0 Å². The number of likely N-dealkylation sites (tertiary alicyclic amines) is 1. The number of hydrazine groups is 2. The van der Waals surface area contributed by atoms with Crippen molar-refractivity contribution in [2.75, 3.05) is 60.4 Å². The van der Waals surface area contributed by atoms with Gasteiger partial charge in [-0.25, -0.2) is 25.6 Å². The Morgan fingerprint density at radius 3 is 2.23 bits per heavy atom. The highest BCUT2D eigenvalue weighted by molar-refractivity contribution is 6.05.